The molecule has 106 valence electrons. The quantitative estimate of drug-likeness (QED) is 0.603. The number of nitrogens with two attached hydrogens (primary N) is 1. The molecule has 0 spiro atoms. The largest absolute Gasteiger partial charge is 0.497 e. The lowest BCUT2D eigenvalue weighted by molar-refractivity contribution is 0.415. The summed E-state index contributed by atoms with van der Waals surface area (Å²) >= 11 is 5.06. The van der Waals surface area contributed by atoms with Gasteiger partial charge in [-0.05, 0) is 18.6 Å². The molecule has 3 N–H and O–H groups in total. The van der Waals surface area contributed by atoms with Crippen LogP contribution in [0.2, 0.25) is 0 Å². The van der Waals surface area contributed by atoms with Crippen LogP contribution in [0, 0.1) is 0 Å². The number of nitrogens with one attached hydrogen (secondary N) is 1. The molecule has 0 aliphatic heterocycles. The molecule has 0 saturated carbocycles. The number of ether oxygens (including phenoxy) is 1. The van der Waals surface area contributed by atoms with Crippen LogP contribution < -0.4 is 15.8 Å². The minimum atomic E-state index is 0.379. The number of anilines is 1. The van der Waals surface area contributed by atoms with E-state index in [0.29, 0.717) is 4.99 Å². The Kier molecular flexibility index (Phi) is 4.95. The molecule has 0 atom stereocenters. The van der Waals surface area contributed by atoms with Crippen molar-refractivity contribution in [2.75, 3.05) is 19.0 Å². The summed E-state index contributed by atoms with van der Waals surface area (Å²) in [7, 11) is 1.64. The third-order valence-electron chi connectivity index (χ3n) is 2.96. The van der Waals surface area contributed by atoms with Gasteiger partial charge in [0.05, 0.1) is 13.4 Å². The van der Waals surface area contributed by atoms with E-state index < -0.39 is 0 Å². The number of hydrogen-bond donors (Lipinski definition) is 2. The predicted molar refractivity (Wildman–Crippen MR) is 84.2 cm³/mol. The van der Waals surface area contributed by atoms with E-state index in [-0.39, 0.29) is 0 Å². The number of hydrogen-bond acceptors (Lipinski definition) is 4. The standard InChI is InChI=1S/C14H18N4OS/c1-19-11-3-4-12(14(15)20)13(9-11)17-5-2-7-18-8-6-16-10-18/h3-4,6,8-10,17H,2,5,7H2,1H3,(H2,15,20). The average molecular weight is 290 g/mol. The van der Waals surface area contributed by atoms with Gasteiger partial charge >= 0.3 is 0 Å². The number of aryl methyl sites for hydroxylation is 1. The Morgan fingerprint density at radius 2 is 2.35 bits per heavy atom. The van der Waals surface area contributed by atoms with Gasteiger partial charge in [0, 0.05) is 42.8 Å². The Morgan fingerprint density at radius 3 is 3.00 bits per heavy atom. The van der Waals surface area contributed by atoms with E-state index in [1.807, 2.05) is 35.3 Å². The van der Waals surface area contributed by atoms with Gasteiger partial charge in [-0.3, -0.25) is 0 Å². The summed E-state index contributed by atoms with van der Waals surface area (Å²) in [6.45, 7) is 1.74. The lowest BCUT2D eigenvalue weighted by Gasteiger charge is -2.13. The van der Waals surface area contributed by atoms with Crippen molar-refractivity contribution >= 4 is 22.9 Å². The van der Waals surface area contributed by atoms with E-state index >= 15 is 0 Å². The molecule has 0 aliphatic carbocycles. The summed E-state index contributed by atoms with van der Waals surface area (Å²) < 4.78 is 7.26. The van der Waals surface area contributed by atoms with E-state index in [1.165, 1.54) is 0 Å². The molecule has 1 aromatic carbocycles. The van der Waals surface area contributed by atoms with Gasteiger partial charge in [-0.2, -0.15) is 0 Å². The Labute approximate surface area is 123 Å². The van der Waals surface area contributed by atoms with Crippen molar-refractivity contribution in [3.05, 3.63) is 42.5 Å². The number of methoxy groups -OCH3 is 1. The molecule has 0 unspecified atom stereocenters. The second-order valence-electron chi connectivity index (χ2n) is 4.36. The molecule has 2 rings (SSSR count). The van der Waals surface area contributed by atoms with Gasteiger partial charge in [0.15, 0.2) is 0 Å². The van der Waals surface area contributed by atoms with Crippen molar-refractivity contribution < 1.29 is 4.74 Å². The highest BCUT2D eigenvalue weighted by Gasteiger charge is 2.06. The molecule has 20 heavy (non-hydrogen) atoms. The maximum atomic E-state index is 5.73. The molecule has 1 heterocycles. The van der Waals surface area contributed by atoms with Crippen molar-refractivity contribution in [2.24, 2.45) is 5.73 Å². The minimum Gasteiger partial charge on any atom is -0.497 e. The zero-order valence-electron chi connectivity index (χ0n) is 11.4. The fourth-order valence-corrected chi connectivity index (χ4v) is 2.09. The molecular formula is C14H18N4OS. The lowest BCUT2D eigenvalue weighted by atomic mass is 10.1. The van der Waals surface area contributed by atoms with Crippen molar-refractivity contribution in [3.63, 3.8) is 0 Å². The number of benzene rings is 1. The summed E-state index contributed by atoms with van der Waals surface area (Å²) in [5.41, 5.74) is 7.47. The highest BCUT2D eigenvalue weighted by Crippen LogP contribution is 2.22. The molecule has 0 amide bonds. The number of rotatable bonds is 7. The van der Waals surface area contributed by atoms with Crippen LogP contribution in [0.1, 0.15) is 12.0 Å². The molecular weight excluding hydrogens is 272 g/mol. The van der Waals surface area contributed by atoms with Crippen LogP contribution in [0.3, 0.4) is 0 Å². The zero-order valence-corrected chi connectivity index (χ0v) is 12.2. The summed E-state index contributed by atoms with van der Waals surface area (Å²) in [4.78, 5) is 4.39. The second-order valence-corrected chi connectivity index (χ2v) is 4.80. The first-order valence-electron chi connectivity index (χ1n) is 6.38. The molecule has 6 heteroatoms. The Morgan fingerprint density at radius 1 is 1.50 bits per heavy atom. The van der Waals surface area contributed by atoms with Crippen LogP contribution >= 0.6 is 12.2 Å². The van der Waals surface area contributed by atoms with Crippen molar-refractivity contribution in [1.82, 2.24) is 9.55 Å². The third-order valence-corrected chi connectivity index (χ3v) is 3.18. The minimum absolute atomic E-state index is 0.379. The topological polar surface area (TPSA) is 65.1 Å². The van der Waals surface area contributed by atoms with Gasteiger partial charge < -0.3 is 20.4 Å². The van der Waals surface area contributed by atoms with Gasteiger partial charge in [0.1, 0.15) is 10.7 Å². The maximum absolute atomic E-state index is 5.73. The van der Waals surface area contributed by atoms with Crippen LogP contribution in [0.25, 0.3) is 0 Å². The van der Waals surface area contributed by atoms with Gasteiger partial charge in [-0.1, -0.05) is 12.2 Å². The summed E-state index contributed by atoms with van der Waals surface area (Å²) in [5, 5.41) is 3.35. The van der Waals surface area contributed by atoms with Crippen LogP contribution in [-0.4, -0.2) is 28.2 Å². The Balaban J connectivity index is 1.95. The highest BCUT2D eigenvalue weighted by molar-refractivity contribution is 7.80. The van der Waals surface area contributed by atoms with Crippen LogP contribution in [0.15, 0.2) is 36.9 Å². The molecule has 1 aromatic heterocycles. The summed E-state index contributed by atoms with van der Waals surface area (Å²) in [6, 6.07) is 5.64. The first kappa shape index (κ1) is 14.3. The number of imidazole rings is 1. The monoisotopic (exact) mass is 290 g/mol. The lowest BCUT2D eigenvalue weighted by Crippen LogP contribution is -2.14. The summed E-state index contributed by atoms with van der Waals surface area (Å²) in [6.07, 6.45) is 6.52. The number of nitrogens with zero attached hydrogens (tertiary/aromatic N) is 2. The Hall–Kier alpha value is -2.08. The first-order valence-corrected chi connectivity index (χ1v) is 6.79. The van der Waals surface area contributed by atoms with Gasteiger partial charge in [-0.15, -0.1) is 0 Å². The normalized spacial score (nSPS) is 10.2. The smallest absolute Gasteiger partial charge is 0.120 e. The first-order chi connectivity index (χ1) is 9.70. The fraction of sp³-hybridized carbons (Fsp3) is 0.286. The highest BCUT2D eigenvalue weighted by atomic mass is 32.1. The van der Waals surface area contributed by atoms with Crippen LogP contribution in [-0.2, 0) is 6.54 Å². The SMILES string of the molecule is COc1ccc(C(N)=S)c(NCCCn2ccnc2)c1. The van der Waals surface area contributed by atoms with Gasteiger partial charge in [0.2, 0.25) is 0 Å². The van der Waals surface area contributed by atoms with E-state index in [9.17, 15) is 0 Å². The van der Waals surface area contributed by atoms with E-state index in [0.717, 1.165) is 36.5 Å². The van der Waals surface area contributed by atoms with E-state index in [1.54, 1.807) is 13.3 Å². The van der Waals surface area contributed by atoms with Gasteiger partial charge in [0.25, 0.3) is 0 Å². The molecule has 0 bridgehead atoms. The van der Waals surface area contributed by atoms with Crippen molar-refractivity contribution in [1.29, 1.82) is 0 Å². The van der Waals surface area contributed by atoms with E-state index in [4.69, 9.17) is 22.7 Å². The molecule has 0 aliphatic rings. The fourth-order valence-electron chi connectivity index (χ4n) is 1.92. The molecule has 0 radical (unpaired) electrons. The third kappa shape index (κ3) is 3.71. The van der Waals surface area contributed by atoms with Crippen molar-refractivity contribution in [2.45, 2.75) is 13.0 Å². The second kappa shape index (κ2) is 6.91. The number of thiocarbonyl (C=S) groups is 1. The molecule has 0 fully saturated rings. The maximum Gasteiger partial charge on any atom is 0.120 e. The van der Waals surface area contributed by atoms with E-state index in [2.05, 4.69) is 10.3 Å². The average Bonchev–Trinajstić information content (AvgIpc) is 2.96. The van der Waals surface area contributed by atoms with Crippen molar-refractivity contribution in [3.8, 4) is 5.75 Å². The van der Waals surface area contributed by atoms with Crippen LogP contribution in [0.5, 0.6) is 5.75 Å². The Bertz CT molecular complexity index is 569. The summed E-state index contributed by atoms with van der Waals surface area (Å²) in [5.74, 6) is 0.780. The number of aromatic nitrogens is 2. The molecule has 0 saturated heterocycles. The molecule has 2 aromatic rings. The predicted octanol–water partition coefficient (Wildman–Crippen LogP) is 2.03. The molecule has 5 nitrogen and oxygen atoms in total. The van der Waals surface area contributed by atoms with Gasteiger partial charge in [-0.25, -0.2) is 4.98 Å². The zero-order chi connectivity index (χ0) is 14.4. The van der Waals surface area contributed by atoms with Crippen LogP contribution in [0.4, 0.5) is 5.69 Å².